The first-order chi connectivity index (χ1) is 15.6. The summed E-state index contributed by atoms with van der Waals surface area (Å²) in [6.45, 7) is 10.5. The summed E-state index contributed by atoms with van der Waals surface area (Å²) in [4.78, 5) is 30.7. The Morgan fingerprint density at radius 1 is 0.941 bits per heavy atom. The number of H-pyrrole nitrogens is 1. The lowest BCUT2D eigenvalue weighted by atomic mass is 10.0. The van der Waals surface area contributed by atoms with E-state index in [1.807, 2.05) is 0 Å². The molecule has 0 fully saturated rings. The molecule has 0 saturated heterocycles. The number of phosphoric ester groups is 1. The number of nitrogens with one attached hydrogen (secondary N) is 2. The van der Waals surface area contributed by atoms with Gasteiger partial charge in [0.05, 0.1) is 22.2 Å². The lowest BCUT2D eigenvalue weighted by molar-refractivity contribution is 0.0224. The molecule has 1 heterocycles. The highest BCUT2D eigenvalue weighted by molar-refractivity contribution is 7.49. The average Bonchev–Trinajstić information content (AvgIpc) is 3.05. The van der Waals surface area contributed by atoms with Crippen molar-refractivity contribution >= 4 is 36.7 Å². The smallest absolute Gasteiger partial charge is 0.465 e. The maximum absolute atomic E-state index is 13.3. The Morgan fingerprint density at radius 3 is 2.03 bits per heavy atom. The van der Waals surface area contributed by atoms with Crippen LogP contribution in [0.3, 0.4) is 0 Å². The summed E-state index contributed by atoms with van der Waals surface area (Å²) in [5, 5.41) is 11.0. The van der Waals surface area contributed by atoms with Crippen LogP contribution in [-0.2, 0) is 13.6 Å². The highest BCUT2D eigenvalue weighted by atomic mass is 31.2. The van der Waals surface area contributed by atoms with Crippen LogP contribution < -0.4 is 9.84 Å². The lowest BCUT2D eigenvalue weighted by Gasteiger charge is -2.30. The molecule has 0 spiro atoms. The highest BCUT2D eigenvalue weighted by Crippen LogP contribution is 2.55. The molecule has 0 radical (unpaired) electrons. The van der Waals surface area contributed by atoms with Crippen LogP contribution in [0.15, 0.2) is 42.5 Å². The minimum Gasteiger partial charge on any atom is -0.465 e. The maximum Gasteiger partial charge on any atom is 0.531 e. The number of hydrogen-bond acceptors (Lipinski definition) is 7. The summed E-state index contributed by atoms with van der Waals surface area (Å²) >= 11 is 0. The average molecular weight is 489 g/mol. The fraction of sp³-hybridized carbons (Fsp3) is 0.348. The predicted molar refractivity (Wildman–Crippen MR) is 128 cm³/mol. The number of fused-ring (bicyclic) bond motifs is 1. The van der Waals surface area contributed by atoms with Gasteiger partial charge < -0.3 is 14.6 Å². The molecule has 10 nitrogen and oxygen atoms in total. The second-order valence-corrected chi connectivity index (χ2v) is 11.0. The summed E-state index contributed by atoms with van der Waals surface area (Å²) < 4.78 is 30.1. The van der Waals surface area contributed by atoms with Gasteiger partial charge in [-0.3, -0.25) is 19.2 Å². The summed E-state index contributed by atoms with van der Waals surface area (Å²) in [5.41, 5.74) is 0.221. The number of rotatable bonds is 7. The van der Waals surface area contributed by atoms with Crippen LogP contribution in [-0.4, -0.2) is 38.2 Å². The van der Waals surface area contributed by atoms with Crippen LogP contribution in [0, 0.1) is 0 Å². The van der Waals surface area contributed by atoms with Crippen LogP contribution in [0.25, 0.3) is 11.0 Å². The molecule has 3 rings (SSSR count). The standard InChI is InChI=1S/C23H28N3O7P/c1-22(2,3)32-34(30,33-23(4,5)6)31-16-10-7-14(8-11-16)19(27)15-9-12-17-18(13-15)25-20(24-17)26-21(28)29/h7-13H,1-6H3,(H,28,29)(H2,24,25,26). The predicted octanol–water partition coefficient (Wildman–Crippen LogP) is 6.00. The topological polar surface area (TPSA) is 140 Å². The van der Waals surface area contributed by atoms with Crippen LogP contribution in [0.2, 0.25) is 0 Å². The summed E-state index contributed by atoms with van der Waals surface area (Å²) in [6, 6.07) is 10.9. The zero-order chi connectivity index (χ0) is 25.3. The lowest BCUT2D eigenvalue weighted by Crippen LogP contribution is -2.25. The third kappa shape index (κ3) is 6.90. The van der Waals surface area contributed by atoms with Gasteiger partial charge in [0, 0.05) is 11.1 Å². The van der Waals surface area contributed by atoms with Crippen molar-refractivity contribution < 1.29 is 32.8 Å². The minimum atomic E-state index is -3.96. The number of ketones is 1. The molecule has 0 aliphatic carbocycles. The number of benzene rings is 2. The monoisotopic (exact) mass is 489 g/mol. The van der Waals surface area contributed by atoms with Gasteiger partial charge in [0.15, 0.2) is 5.78 Å². The van der Waals surface area contributed by atoms with E-state index >= 15 is 0 Å². The van der Waals surface area contributed by atoms with E-state index in [2.05, 4.69) is 15.3 Å². The number of aromatic nitrogens is 2. The zero-order valence-electron chi connectivity index (χ0n) is 19.8. The Balaban J connectivity index is 1.80. The van der Waals surface area contributed by atoms with E-state index in [4.69, 9.17) is 18.7 Å². The molecule has 2 aromatic carbocycles. The van der Waals surface area contributed by atoms with E-state index in [-0.39, 0.29) is 17.5 Å². The van der Waals surface area contributed by atoms with Crippen LogP contribution in [0.4, 0.5) is 10.7 Å². The molecule has 0 aliphatic rings. The van der Waals surface area contributed by atoms with Gasteiger partial charge in [0.2, 0.25) is 5.95 Å². The first-order valence-electron chi connectivity index (χ1n) is 10.5. The molecule has 1 aromatic heterocycles. The molecular weight excluding hydrogens is 461 g/mol. The van der Waals surface area contributed by atoms with Crippen molar-refractivity contribution in [3.8, 4) is 5.75 Å². The number of carbonyl (C=O) groups excluding carboxylic acids is 1. The molecule has 3 N–H and O–H groups in total. The summed E-state index contributed by atoms with van der Waals surface area (Å²) in [7, 11) is -3.96. The van der Waals surface area contributed by atoms with Crippen molar-refractivity contribution in [2.75, 3.05) is 5.32 Å². The third-order valence-electron chi connectivity index (χ3n) is 4.07. The van der Waals surface area contributed by atoms with E-state index in [9.17, 15) is 14.2 Å². The first kappa shape index (κ1) is 25.4. The molecule has 0 atom stereocenters. The molecule has 0 aliphatic heterocycles. The van der Waals surface area contributed by atoms with Gasteiger partial charge in [0.1, 0.15) is 5.75 Å². The number of carboxylic acid groups (broad SMARTS) is 1. The molecule has 11 heteroatoms. The Kier molecular flexibility index (Phi) is 6.89. The van der Waals surface area contributed by atoms with Crippen molar-refractivity contribution in [1.29, 1.82) is 0 Å². The SMILES string of the molecule is CC(C)(C)OP(=O)(Oc1ccc(C(=O)c2ccc3nc(NC(=O)O)[nH]c3c2)cc1)OC(C)(C)C. The largest absolute Gasteiger partial charge is 0.531 e. The van der Waals surface area contributed by atoms with Crippen molar-refractivity contribution in [3.63, 3.8) is 0 Å². The maximum atomic E-state index is 13.3. The number of amides is 1. The van der Waals surface area contributed by atoms with Gasteiger partial charge in [-0.05, 0) is 84.0 Å². The first-order valence-corrected chi connectivity index (χ1v) is 11.9. The minimum absolute atomic E-state index is 0.0629. The number of nitrogens with zero attached hydrogens (tertiary/aromatic N) is 1. The van der Waals surface area contributed by atoms with Crippen molar-refractivity contribution in [2.24, 2.45) is 0 Å². The van der Waals surface area contributed by atoms with E-state index in [1.54, 1.807) is 71.9 Å². The number of carbonyl (C=O) groups is 2. The number of anilines is 1. The highest BCUT2D eigenvalue weighted by Gasteiger charge is 2.38. The fourth-order valence-electron chi connectivity index (χ4n) is 3.00. The molecule has 0 saturated carbocycles. The van der Waals surface area contributed by atoms with Crippen LogP contribution in [0.1, 0.15) is 57.5 Å². The zero-order valence-corrected chi connectivity index (χ0v) is 20.7. The van der Waals surface area contributed by atoms with E-state index in [0.717, 1.165) is 0 Å². The van der Waals surface area contributed by atoms with Gasteiger partial charge in [0.25, 0.3) is 0 Å². The molecule has 34 heavy (non-hydrogen) atoms. The van der Waals surface area contributed by atoms with E-state index in [1.165, 1.54) is 12.1 Å². The van der Waals surface area contributed by atoms with E-state index in [0.29, 0.717) is 22.2 Å². The normalized spacial score (nSPS) is 12.5. The molecule has 0 bridgehead atoms. The van der Waals surface area contributed by atoms with E-state index < -0.39 is 25.1 Å². The molecular formula is C23H28N3O7P. The summed E-state index contributed by atoms with van der Waals surface area (Å²) in [5.74, 6) is 0.0191. The number of phosphoric acid groups is 1. The van der Waals surface area contributed by atoms with Crippen molar-refractivity contribution in [3.05, 3.63) is 53.6 Å². The van der Waals surface area contributed by atoms with Crippen molar-refractivity contribution in [1.82, 2.24) is 9.97 Å². The molecule has 3 aromatic rings. The molecule has 0 unspecified atom stereocenters. The second kappa shape index (κ2) is 9.21. The fourth-order valence-corrected chi connectivity index (χ4v) is 4.83. The summed E-state index contributed by atoms with van der Waals surface area (Å²) in [6.07, 6.45) is -1.25. The van der Waals surface area contributed by atoms with Crippen molar-refractivity contribution in [2.45, 2.75) is 52.7 Å². The Morgan fingerprint density at radius 2 is 1.50 bits per heavy atom. The quantitative estimate of drug-likeness (QED) is 0.271. The number of imidazole rings is 1. The number of hydrogen-bond donors (Lipinski definition) is 3. The van der Waals surface area contributed by atoms with Crippen LogP contribution in [0.5, 0.6) is 5.75 Å². The van der Waals surface area contributed by atoms with Gasteiger partial charge in [-0.15, -0.1) is 0 Å². The second-order valence-electron chi connectivity index (χ2n) is 9.55. The molecule has 1 amide bonds. The Labute approximate surface area is 197 Å². The third-order valence-corrected chi connectivity index (χ3v) is 6.05. The van der Waals surface area contributed by atoms with Gasteiger partial charge in [-0.2, -0.15) is 0 Å². The molecule has 182 valence electrons. The number of aromatic amines is 1. The van der Waals surface area contributed by atoms with Gasteiger partial charge in [-0.25, -0.2) is 14.3 Å². The Hall–Kier alpha value is -3.20. The van der Waals surface area contributed by atoms with Crippen LogP contribution >= 0.6 is 7.82 Å². The van der Waals surface area contributed by atoms with Gasteiger partial charge >= 0.3 is 13.9 Å². The Bertz CT molecular complexity index is 1230. The van der Waals surface area contributed by atoms with Gasteiger partial charge in [-0.1, -0.05) is 0 Å².